The van der Waals surface area contributed by atoms with Crippen LogP contribution in [0.4, 0.5) is 10.2 Å². The summed E-state index contributed by atoms with van der Waals surface area (Å²) < 4.78 is 19.5. The summed E-state index contributed by atoms with van der Waals surface area (Å²) >= 11 is 0. The van der Waals surface area contributed by atoms with Crippen LogP contribution in [0.2, 0.25) is 0 Å². The van der Waals surface area contributed by atoms with E-state index in [0.29, 0.717) is 31.8 Å². The highest BCUT2D eigenvalue weighted by Crippen LogP contribution is 2.21. The maximum absolute atomic E-state index is 14.1. The fraction of sp³-hybridized carbons (Fsp3) is 0.583. The van der Waals surface area contributed by atoms with Gasteiger partial charge in [0.1, 0.15) is 6.33 Å². The van der Waals surface area contributed by atoms with Crippen molar-refractivity contribution >= 4 is 11.8 Å². The summed E-state index contributed by atoms with van der Waals surface area (Å²) in [5.74, 6) is -1.13. The number of carboxylic acid groups (broad SMARTS) is 1. The van der Waals surface area contributed by atoms with E-state index in [9.17, 15) is 9.18 Å². The average molecular weight is 269 g/mol. The van der Waals surface area contributed by atoms with Crippen molar-refractivity contribution in [2.24, 2.45) is 0 Å². The van der Waals surface area contributed by atoms with E-state index in [1.54, 1.807) is 4.90 Å². The second-order valence-electron chi connectivity index (χ2n) is 4.35. The van der Waals surface area contributed by atoms with Crippen LogP contribution >= 0.6 is 0 Å². The Morgan fingerprint density at radius 3 is 3.11 bits per heavy atom. The molecule has 0 aromatic carbocycles. The van der Waals surface area contributed by atoms with Crippen molar-refractivity contribution in [1.82, 2.24) is 9.97 Å². The first-order valence-electron chi connectivity index (χ1n) is 6.19. The zero-order valence-electron chi connectivity index (χ0n) is 10.7. The molecular weight excluding hydrogens is 253 g/mol. The van der Waals surface area contributed by atoms with E-state index in [4.69, 9.17) is 9.84 Å². The van der Waals surface area contributed by atoms with Gasteiger partial charge in [-0.2, -0.15) is 0 Å². The fourth-order valence-electron chi connectivity index (χ4n) is 2.09. The number of ether oxygens (including phenoxy) is 1. The summed E-state index contributed by atoms with van der Waals surface area (Å²) in [7, 11) is 0. The first-order chi connectivity index (χ1) is 9.11. The second kappa shape index (κ2) is 5.92. The molecule has 2 heterocycles. The minimum Gasteiger partial charge on any atom is -0.481 e. The van der Waals surface area contributed by atoms with Crippen LogP contribution in [0, 0.1) is 5.82 Å². The number of hydrogen-bond acceptors (Lipinski definition) is 5. The molecule has 6 nitrogen and oxygen atoms in total. The minimum absolute atomic E-state index is 0.0934. The van der Waals surface area contributed by atoms with Gasteiger partial charge in [-0.05, 0) is 6.42 Å². The standard InChI is InChI=1S/C12H16FN3O3/c1-2-9-11(13)12(15-7-14-9)16-3-4-19-8(6-16)5-10(17)18/h7-8H,2-6H2,1H3,(H,17,18). The van der Waals surface area contributed by atoms with Crippen molar-refractivity contribution in [2.75, 3.05) is 24.6 Å². The van der Waals surface area contributed by atoms with Gasteiger partial charge in [-0.15, -0.1) is 0 Å². The van der Waals surface area contributed by atoms with Crippen molar-refractivity contribution < 1.29 is 19.0 Å². The number of aryl methyl sites for hydroxylation is 1. The molecule has 1 fully saturated rings. The number of halogens is 1. The van der Waals surface area contributed by atoms with Gasteiger partial charge in [-0.3, -0.25) is 4.79 Å². The molecule has 2 rings (SSSR count). The highest BCUT2D eigenvalue weighted by molar-refractivity contribution is 5.67. The highest BCUT2D eigenvalue weighted by atomic mass is 19.1. The molecule has 1 aliphatic heterocycles. The van der Waals surface area contributed by atoms with E-state index in [-0.39, 0.29) is 12.2 Å². The maximum atomic E-state index is 14.1. The lowest BCUT2D eigenvalue weighted by molar-refractivity contribution is -0.140. The van der Waals surface area contributed by atoms with Gasteiger partial charge in [0.15, 0.2) is 11.6 Å². The lowest BCUT2D eigenvalue weighted by Gasteiger charge is -2.33. The lowest BCUT2D eigenvalue weighted by atomic mass is 10.2. The molecule has 7 heteroatoms. The molecule has 1 aliphatic rings. The highest BCUT2D eigenvalue weighted by Gasteiger charge is 2.26. The molecular formula is C12H16FN3O3. The first-order valence-corrected chi connectivity index (χ1v) is 6.19. The Balaban J connectivity index is 2.15. The summed E-state index contributed by atoms with van der Waals surface area (Å²) in [4.78, 5) is 20.2. The van der Waals surface area contributed by atoms with Crippen molar-refractivity contribution in [2.45, 2.75) is 25.9 Å². The van der Waals surface area contributed by atoms with Gasteiger partial charge in [0.2, 0.25) is 0 Å². The van der Waals surface area contributed by atoms with E-state index < -0.39 is 17.9 Å². The van der Waals surface area contributed by atoms with Crippen LogP contribution in [-0.2, 0) is 16.0 Å². The molecule has 1 N–H and O–H groups in total. The van der Waals surface area contributed by atoms with Gasteiger partial charge < -0.3 is 14.7 Å². The number of aromatic nitrogens is 2. The molecule has 19 heavy (non-hydrogen) atoms. The van der Waals surface area contributed by atoms with Gasteiger partial charge in [0.25, 0.3) is 0 Å². The zero-order chi connectivity index (χ0) is 13.8. The Bertz CT molecular complexity index is 470. The third-order valence-corrected chi connectivity index (χ3v) is 3.02. The molecule has 1 aromatic rings. The molecule has 0 saturated carbocycles. The van der Waals surface area contributed by atoms with Gasteiger partial charge in [-0.1, -0.05) is 6.92 Å². The third-order valence-electron chi connectivity index (χ3n) is 3.02. The normalized spacial score (nSPS) is 19.5. The Morgan fingerprint density at radius 2 is 2.42 bits per heavy atom. The van der Waals surface area contributed by atoms with Crippen LogP contribution < -0.4 is 4.90 Å². The number of carbonyl (C=O) groups is 1. The van der Waals surface area contributed by atoms with E-state index in [0.717, 1.165) is 0 Å². The predicted octanol–water partition coefficient (Wildman–Crippen LogP) is 0.858. The summed E-state index contributed by atoms with van der Waals surface area (Å²) in [6.45, 7) is 3.00. The Hall–Kier alpha value is -1.76. The van der Waals surface area contributed by atoms with Crippen molar-refractivity contribution in [3.63, 3.8) is 0 Å². The average Bonchev–Trinajstić information content (AvgIpc) is 2.38. The number of hydrogen-bond donors (Lipinski definition) is 1. The quantitative estimate of drug-likeness (QED) is 0.873. The molecule has 0 aliphatic carbocycles. The molecule has 0 radical (unpaired) electrons. The van der Waals surface area contributed by atoms with E-state index in [1.165, 1.54) is 6.33 Å². The molecule has 0 amide bonds. The summed E-state index contributed by atoms with van der Waals surface area (Å²) in [6.07, 6.45) is 1.29. The van der Waals surface area contributed by atoms with Crippen molar-refractivity contribution in [3.8, 4) is 0 Å². The molecule has 1 atom stereocenters. The van der Waals surface area contributed by atoms with Gasteiger partial charge in [0, 0.05) is 13.1 Å². The van der Waals surface area contributed by atoms with Crippen LogP contribution in [0.3, 0.4) is 0 Å². The zero-order valence-corrected chi connectivity index (χ0v) is 10.7. The topological polar surface area (TPSA) is 75.5 Å². The Kier molecular flexibility index (Phi) is 4.26. The largest absolute Gasteiger partial charge is 0.481 e. The fourth-order valence-corrected chi connectivity index (χ4v) is 2.09. The number of anilines is 1. The summed E-state index contributed by atoms with van der Waals surface area (Å²) in [5, 5.41) is 8.76. The molecule has 1 aromatic heterocycles. The third kappa shape index (κ3) is 3.17. The molecule has 104 valence electrons. The van der Waals surface area contributed by atoms with E-state index >= 15 is 0 Å². The molecule has 0 spiro atoms. The smallest absolute Gasteiger partial charge is 0.306 e. The molecule has 1 saturated heterocycles. The van der Waals surface area contributed by atoms with Gasteiger partial charge in [0.05, 0.1) is 24.8 Å². The summed E-state index contributed by atoms with van der Waals surface area (Å²) in [6, 6.07) is 0. The minimum atomic E-state index is -0.927. The predicted molar refractivity (Wildman–Crippen MR) is 65.6 cm³/mol. The van der Waals surface area contributed by atoms with E-state index in [1.807, 2.05) is 6.92 Å². The Morgan fingerprint density at radius 1 is 1.63 bits per heavy atom. The molecule has 1 unspecified atom stereocenters. The van der Waals surface area contributed by atoms with Gasteiger partial charge >= 0.3 is 5.97 Å². The van der Waals surface area contributed by atoms with Crippen LogP contribution in [0.15, 0.2) is 6.33 Å². The maximum Gasteiger partial charge on any atom is 0.306 e. The van der Waals surface area contributed by atoms with Crippen LogP contribution in [-0.4, -0.2) is 46.8 Å². The number of rotatable bonds is 4. The van der Waals surface area contributed by atoms with E-state index in [2.05, 4.69) is 9.97 Å². The number of carboxylic acids is 1. The van der Waals surface area contributed by atoms with Crippen LogP contribution in [0.1, 0.15) is 19.0 Å². The molecule has 0 bridgehead atoms. The Labute approximate surface area is 110 Å². The van der Waals surface area contributed by atoms with Crippen molar-refractivity contribution in [3.05, 3.63) is 17.8 Å². The lowest BCUT2D eigenvalue weighted by Crippen LogP contribution is -2.44. The number of morpholine rings is 1. The number of nitrogens with zero attached hydrogens (tertiary/aromatic N) is 3. The monoisotopic (exact) mass is 269 g/mol. The summed E-state index contributed by atoms with van der Waals surface area (Å²) in [5.41, 5.74) is 0.367. The SMILES string of the molecule is CCc1ncnc(N2CCOC(CC(=O)O)C2)c1F. The van der Waals surface area contributed by atoms with Crippen LogP contribution in [0.25, 0.3) is 0 Å². The second-order valence-corrected chi connectivity index (χ2v) is 4.35. The first kappa shape index (κ1) is 13.7. The van der Waals surface area contributed by atoms with Gasteiger partial charge in [-0.25, -0.2) is 14.4 Å². The number of aliphatic carboxylic acids is 1. The van der Waals surface area contributed by atoms with Crippen molar-refractivity contribution in [1.29, 1.82) is 0 Å². The van der Waals surface area contributed by atoms with Crippen LogP contribution in [0.5, 0.6) is 0 Å².